The largest absolute Gasteiger partial charge is 0.456 e. The maximum atomic E-state index is 6.44. The van der Waals surface area contributed by atoms with Gasteiger partial charge in [-0.1, -0.05) is 400 Å². The summed E-state index contributed by atoms with van der Waals surface area (Å²) in [5, 5.41) is 19.9. The second-order valence-corrected chi connectivity index (χ2v) is 41.3. The summed E-state index contributed by atoms with van der Waals surface area (Å²) in [6.45, 7) is 0. The van der Waals surface area contributed by atoms with Gasteiger partial charge in [-0.2, -0.15) is 0 Å². The lowest BCUT2D eigenvalue weighted by Crippen LogP contribution is -2.74. The van der Waals surface area contributed by atoms with Crippen molar-refractivity contribution in [3.8, 4) is 55.6 Å². The molecular weight excluding hydrogens is 1620 g/mol. The van der Waals surface area contributed by atoms with Crippen LogP contribution in [0.5, 0.6) is 0 Å². The van der Waals surface area contributed by atoms with Gasteiger partial charge in [-0.3, -0.25) is 0 Å². The Morgan fingerprint density at radius 2 is 0.389 bits per heavy atom. The van der Waals surface area contributed by atoms with E-state index in [2.05, 4.69) is 519 Å². The highest BCUT2D eigenvalue weighted by molar-refractivity contribution is 7.20. The predicted octanol–water partition coefficient (Wildman–Crippen LogP) is 28.3. The topological polar surface area (TPSA) is 45.9 Å². The van der Waals surface area contributed by atoms with Crippen molar-refractivity contribution in [1.29, 1.82) is 0 Å². The predicted molar refractivity (Wildman–Crippen MR) is 556 cm³/mol. The molecule has 0 fully saturated rings. The first-order valence-electron chi connectivity index (χ1n) is 44.8. The number of fused-ring (bicyclic) bond motifs is 10. The third-order valence-corrected chi connectivity index (χ3v) is 35.9. The van der Waals surface area contributed by atoms with Gasteiger partial charge in [0.25, 0.3) is 0 Å². The van der Waals surface area contributed by atoms with Crippen LogP contribution in [0.3, 0.4) is 0 Å². The van der Waals surface area contributed by atoms with Crippen molar-refractivity contribution in [2.75, 3.05) is 9.80 Å². The molecular formula is C124H86N2O3Si2. The minimum atomic E-state index is -2.63. The molecule has 131 heavy (non-hydrogen) atoms. The smallest absolute Gasteiger partial charge is 0.179 e. The van der Waals surface area contributed by atoms with Gasteiger partial charge in [-0.15, -0.1) is 0 Å². The molecule has 3 aromatic heterocycles. The third kappa shape index (κ3) is 14.6. The van der Waals surface area contributed by atoms with Gasteiger partial charge in [0.05, 0.1) is 0 Å². The normalized spacial score (nSPS) is 11.7. The van der Waals surface area contributed by atoms with E-state index >= 15 is 0 Å². The number of para-hydroxylation sites is 1. The van der Waals surface area contributed by atoms with Crippen LogP contribution in [-0.2, 0) is 0 Å². The molecule has 0 spiro atoms. The quantitative estimate of drug-likeness (QED) is 0.0596. The van der Waals surface area contributed by atoms with Crippen LogP contribution in [0.1, 0.15) is 0 Å². The second-order valence-electron chi connectivity index (χ2n) is 33.7. The minimum absolute atomic E-state index is 0.851. The molecule has 24 rings (SSSR count). The number of hydrogen-bond donors (Lipinski definition) is 0. The average molecular weight is 1710 g/mol. The zero-order chi connectivity index (χ0) is 87.0. The van der Waals surface area contributed by atoms with Gasteiger partial charge in [0.15, 0.2) is 16.1 Å². The molecule has 24 aromatic rings. The molecule has 0 saturated carbocycles. The van der Waals surface area contributed by atoms with E-state index in [1.807, 2.05) is 12.1 Å². The maximum absolute atomic E-state index is 6.44. The van der Waals surface area contributed by atoms with E-state index in [0.717, 1.165) is 117 Å². The molecule has 7 heteroatoms. The van der Waals surface area contributed by atoms with Crippen LogP contribution in [0.15, 0.2) is 535 Å². The van der Waals surface area contributed by atoms with Crippen molar-refractivity contribution in [2.24, 2.45) is 0 Å². The Morgan fingerprint density at radius 3 is 0.794 bits per heavy atom. The number of benzene rings is 21. The summed E-state index contributed by atoms with van der Waals surface area (Å²) in [5.41, 5.74) is 23.2. The third-order valence-electron chi connectivity index (χ3n) is 26.3. The van der Waals surface area contributed by atoms with Gasteiger partial charge in [0.1, 0.15) is 33.5 Å². The van der Waals surface area contributed by atoms with Gasteiger partial charge in [0, 0.05) is 72.5 Å². The van der Waals surface area contributed by atoms with Crippen molar-refractivity contribution in [1.82, 2.24) is 0 Å². The van der Waals surface area contributed by atoms with Crippen LogP contribution in [0.25, 0.3) is 132 Å². The van der Waals surface area contributed by atoms with Crippen LogP contribution in [0.2, 0.25) is 0 Å². The van der Waals surface area contributed by atoms with E-state index < -0.39 is 16.1 Å². The Hall–Kier alpha value is -16.7. The summed E-state index contributed by atoms with van der Waals surface area (Å²) >= 11 is 0. The van der Waals surface area contributed by atoms with Crippen LogP contribution in [0.4, 0.5) is 34.1 Å². The van der Waals surface area contributed by atoms with Crippen molar-refractivity contribution in [3.63, 3.8) is 0 Å². The van der Waals surface area contributed by atoms with E-state index in [1.54, 1.807) is 0 Å². The Bertz CT molecular complexity index is 8010. The second kappa shape index (κ2) is 34.2. The monoisotopic (exact) mass is 1710 g/mol. The van der Waals surface area contributed by atoms with Gasteiger partial charge >= 0.3 is 0 Å². The zero-order valence-corrected chi connectivity index (χ0v) is 73.8. The molecule has 0 atom stereocenters. The van der Waals surface area contributed by atoms with Crippen molar-refractivity contribution in [3.05, 3.63) is 522 Å². The SMILES string of the molecule is c1ccc(-c2ccc3oc4ccc(N(c5ccc(-c6ccc([Si](c7ccccc7)(c7ccccc7)c7ccccc7)cc6)cc5)c5ccc(-c6cccc7ccccc67)cc5)cc4c3c2)cc1.c1ccc(-c2ccc3oc4ccc(N(c5ccc(-c6ccc([Si](c7ccccc7)(c7ccccc7)c7ccccc7)cc6)cc5)c5ccc6c(c5)oc5ccccc56)cc4c3c2)cc1. The molecule has 0 bridgehead atoms. The molecule has 5 nitrogen and oxygen atoms in total. The van der Waals surface area contributed by atoms with Gasteiger partial charge < -0.3 is 23.1 Å². The standard InChI is InChI=1S/C64H45NOSi.C60H41NO2Si/c1-5-16-46(17-6-1)51-34-42-63-61(44-51)62-45-54(39-43-64(62)66-63)65(53-37-30-50(31-38-53)60-27-15-19-49-18-13-14-26-59(49)60)52-35-28-47(29-36-52)48-32-40-58(41-33-48)67(55-20-7-2-8-21-55,56-22-9-3-10-23-56)57-24-11-4-12-25-57;1-5-15-42(16-6-1)45-29-37-58-55(39-45)56-40-47(33-38-59(56)62-58)61(48-32-36-54-53-23-13-14-24-57(53)63-60(54)41-48)46-30-25-43(26-31-46)44-27-34-52(35-28-44)64(49-17-7-2-8-18-49,50-19-9-3-10-20-50)51-21-11-4-12-22-51/h1-45H;1-41H. The highest BCUT2D eigenvalue weighted by atomic mass is 28.3. The van der Waals surface area contributed by atoms with Gasteiger partial charge in [0.2, 0.25) is 0 Å². The highest BCUT2D eigenvalue weighted by Gasteiger charge is 2.43. The van der Waals surface area contributed by atoms with Crippen molar-refractivity contribution < 1.29 is 13.3 Å². The summed E-state index contributed by atoms with van der Waals surface area (Å²) in [5.74, 6) is 0. The van der Waals surface area contributed by atoms with Gasteiger partial charge in [-0.25, -0.2) is 0 Å². The summed E-state index contributed by atoms with van der Waals surface area (Å²) in [6.07, 6.45) is 0. The lowest BCUT2D eigenvalue weighted by Gasteiger charge is -2.34. The Balaban J connectivity index is 0.000000149. The van der Waals surface area contributed by atoms with Crippen molar-refractivity contribution >= 4 is 168 Å². The summed E-state index contributed by atoms with van der Waals surface area (Å²) in [4.78, 5) is 4.68. The van der Waals surface area contributed by atoms with E-state index in [9.17, 15) is 0 Å². The first-order chi connectivity index (χ1) is 64.9. The van der Waals surface area contributed by atoms with E-state index in [4.69, 9.17) is 13.3 Å². The highest BCUT2D eigenvalue weighted by Crippen LogP contribution is 2.45. The molecule has 0 aliphatic rings. The number of nitrogens with zero attached hydrogens (tertiary/aromatic N) is 2. The van der Waals surface area contributed by atoms with Crippen LogP contribution in [-0.4, -0.2) is 16.1 Å². The Kier molecular flexibility index (Phi) is 20.6. The minimum Gasteiger partial charge on any atom is -0.456 e. The molecule has 3 heterocycles. The Labute approximate surface area is 763 Å². The molecule has 21 aromatic carbocycles. The van der Waals surface area contributed by atoms with Crippen LogP contribution >= 0.6 is 0 Å². The zero-order valence-electron chi connectivity index (χ0n) is 71.8. The first kappa shape index (κ1) is 79.0. The molecule has 0 saturated heterocycles. The lowest BCUT2D eigenvalue weighted by molar-refractivity contribution is 0.668. The number of rotatable bonds is 19. The summed E-state index contributed by atoms with van der Waals surface area (Å²) < 4.78 is 19.3. The molecule has 0 radical (unpaired) electrons. The fourth-order valence-electron chi connectivity index (χ4n) is 20.0. The first-order valence-corrected chi connectivity index (χ1v) is 48.8. The fraction of sp³-hybridized carbons (Fsp3) is 0. The average Bonchev–Trinajstić information content (AvgIpc) is 1.45. The maximum Gasteiger partial charge on any atom is 0.179 e. The number of furan rings is 3. The Morgan fingerprint density at radius 1 is 0.137 bits per heavy atom. The van der Waals surface area contributed by atoms with E-state index in [-0.39, 0.29) is 0 Å². The number of anilines is 6. The van der Waals surface area contributed by atoms with Crippen molar-refractivity contribution in [2.45, 2.75) is 0 Å². The molecule has 0 unspecified atom stereocenters. The fourth-order valence-corrected chi connectivity index (χ4v) is 29.5. The van der Waals surface area contributed by atoms with Gasteiger partial charge in [-0.05, 0) is 223 Å². The van der Waals surface area contributed by atoms with E-state index in [0.29, 0.717) is 0 Å². The molecule has 0 aliphatic heterocycles. The molecule has 0 aliphatic carbocycles. The molecule has 0 amide bonds. The summed E-state index contributed by atoms with van der Waals surface area (Å²) in [7, 11) is -5.26. The van der Waals surface area contributed by atoms with Crippen LogP contribution in [0, 0.1) is 0 Å². The lowest BCUT2D eigenvalue weighted by atomic mass is 9.98. The summed E-state index contributed by atoms with van der Waals surface area (Å²) in [6, 6.07) is 189. The molecule has 618 valence electrons. The van der Waals surface area contributed by atoms with Crippen LogP contribution < -0.4 is 51.3 Å². The molecule has 0 N–H and O–H groups in total. The van der Waals surface area contributed by atoms with E-state index in [1.165, 1.54) is 91.2 Å². The number of hydrogen-bond acceptors (Lipinski definition) is 5.